The van der Waals surface area contributed by atoms with Crippen LogP contribution in [-0.2, 0) is 32.3 Å². The normalized spacial score (nSPS) is 15.8. The summed E-state index contributed by atoms with van der Waals surface area (Å²) >= 11 is 6.26. The lowest BCUT2D eigenvalue weighted by Gasteiger charge is -2.37. The van der Waals surface area contributed by atoms with Gasteiger partial charge in [-0.3, -0.25) is 14.5 Å². The monoisotopic (exact) mass is 468 g/mol. The number of halogens is 1. The molecule has 0 bridgehead atoms. The summed E-state index contributed by atoms with van der Waals surface area (Å²) < 4.78 is 24.0. The Morgan fingerprint density at radius 2 is 1.72 bits per heavy atom. The summed E-state index contributed by atoms with van der Waals surface area (Å²) in [6, 6.07) is 20.1. The molecule has 0 radical (unpaired) electrons. The molecule has 0 saturated carbocycles. The van der Waals surface area contributed by atoms with Crippen LogP contribution in [0.25, 0.3) is 0 Å². The van der Waals surface area contributed by atoms with Gasteiger partial charge in [0.25, 0.3) is 0 Å². The minimum absolute atomic E-state index is 0.00547. The molecule has 1 atom stereocenters. The van der Waals surface area contributed by atoms with Crippen molar-refractivity contribution < 1.29 is 18.0 Å². The van der Waals surface area contributed by atoms with Crippen molar-refractivity contribution in [3.8, 4) is 0 Å². The highest BCUT2D eigenvalue weighted by atomic mass is 35.5. The summed E-state index contributed by atoms with van der Waals surface area (Å²) in [6.07, 6.45) is 1.41. The molecule has 4 rings (SSSR count). The standard InChI is InChI=1S/C24H21ClN2O4S/c1-32(30,31)18-11-12-21-20(15-18)26-24(29)22(13-16-7-3-2-4-8-16)27(21)23(28)14-17-9-5-6-10-19(17)25/h2-12,15,22H,13-14H2,1H3,(H,26,29)/t22-/m0/s1. The van der Waals surface area contributed by atoms with Gasteiger partial charge in [-0.1, -0.05) is 60.1 Å². The van der Waals surface area contributed by atoms with Crippen LogP contribution in [0, 0.1) is 0 Å². The first-order valence-electron chi connectivity index (χ1n) is 9.98. The Labute approximate surface area is 191 Å². The highest BCUT2D eigenvalue weighted by Crippen LogP contribution is 2.36. The minimum Gasteiger partial charge on any atom is -0.322 e. The van der Waals surface area contributed by atoms with Crippen molar-refractivity contribution >= 4 is 44.6 Å². The number of amides is 2. The predicted molar refractivity (Wildman–Crippen MR) is 125 cm³/mol. The highest BCUT2D eigenvalue weighted by molar-refractivity contribution is 7.90. The molecule has 1 aliphatic rings. The third kappa shape index (κ3) is 4.54. The molecular weight excluding hydrogens is 448 g/mol. The Bertz CT molecular complexity index is 1290. The van der Waals surface area contributed by atoms with Crippen molar-refractivity contribution in [1.82, 2.24) is 0 Å². The SMILES string of the molecule is CS(=O)(=O)c1ccc2c(c1)NC(=O)[C@H](Cc1ccccc1)N2C(=O)Cc1ccccc1Cl. The molecular formula is C24H21ClN2O4S. The van der Waals surface area contributed by atoms with Gasteiger partial charge in [0.2, 0.25) is 11.8 Å². The third-order valence-corrected chi connectivity index (χ3v) is 6.85. The second-order valence-electron chi connectivity index (χ2n) is 7.68. The molecule has 2 amide bonds. The molecule has 8 heteroatoms. The van der Waals surface area contributed by atoms with Gasteiger partial charge in [-0.15, -0.1) is 0 Å². The van der Waals surface area contributed by atoms with Gasteiger partial charge in [-0.25, -0.2) is 8.42 Å². The lowest BCUT2D eigenvalue weighted by molar-refractivity contribution is -0.123. The van der Waals surface area contributed by atoms with Crippen molar-refractivity contribution in [2.45, 2.75) is 23.8 Å². The van der Waals surface area contributed by atoms with Gasteiger partial charge in [0, 0.05) is 17.7 Å². The molecule has 0 unspecified atom stereocenters. The van der Waals surface area contributed by atoms with Crippen molar-refractivity contribution in [2.24, 2.45) is 0 Å². The van der Waals surface area contributed by atoms with Crippen molar-refractivity contribution in [1.29, 1.82) is 0 Å². The van der Waals surface area contributed by atoms with Crippen LogP contribution >= 0.6 is 11.6 Å². The Morgan fingerprint density at radius 3 is 2.41 bits per heavy atom. The average Bonchev–Trinajstić information content (AvgIpc) is 2.75. The number of hydrogen-bond acceptors (Lipinski definition) is 4. The maximum Gasteiger partial charge on any atom is 0.247 e. The van der Waals surface area contributed by atoms with Crippen LogP contribution in [0.3, 0.4) is 0 Å². The van der Waals surface area contributed by atoms with E-state index in [2.05, 4.69) is 5.32 Å². The van der Waals surface area contributed by atoms with Crippen LogP contribution in [0.1, 0.15) is 11.1 Å². The Morgan fingerprint density at radius 1 is 1.03 bits per heavy atom. The molecule has 1 N–H and O–H groups in total. The van der Waals surface area contributed by atoms with E-state index in [1.807, 2.05) is 30.3 Å². The van der Waals surface area contributed by atoms with Crippen molar-refractivity contribution in [2.75, 3.05) is 16.5 Å². The molecule has 32 heavy (non-hydrogen) atoms. The van der Waals surface area contributed by atoms with Crippen molar-refractivity contribution in [3.05, 3.63) is 88.9 Å². The number of carbonyl (C=O) groups is 2. The zero-order chi connectivity index (χ0) is 22.9. The topological polar surface area (TPSA) is 83.6 Å². The quantitative estimate of drug-likeness (QED) is 0.616. The van der Waals surface area contributed by atoms with E-state index in [0.29, 0.717) is 22.7 Å². The van der Waals surface area contributed by atoms with E-state index in [0.717, 1.165) is 11.8 Å². The maximum atomic E-state index is 13.5. The number of carbonyl (C=O) groups excluding carboxylic acids is 2. The first-order chi connectivity index (χ1) is 15.2. The number of anilines is 2. The van der Waals surface area contributed by atoms with E-state index in [4.69, 9.17) is 11.6 Å². The van der Waals surface area contributed by atoms with Crippen LogP contribution in [0.2, 0.25) is 5.02 Å². The second kappa shape index (κ2) is 8.76. The third-order valence-electron chi connectivity index (χ3n) is 5.37. The number of fused-ring (bicyclic) bond motifs is 1. The molecule has 164 valence electrons. The van der Waals surface area contributed by atoms with E-state index < -0.39 is 15.9 Å². The number of nitrogens with one attached hydrogen (secondary N) is 1. The van der Waals surface area contributed by atoms with Gasteiger partial charge < -0.3 is 5.32 Å². The highest BCUT2D eigenvalue weighted by Gasteiger charge is 2.37. The largest absolute Gasteiger partial charge is 0.322 e. The minimum atomic E-state index is -3.48. The fourth-order valence-electron chi connectivity index (χ4n) is 3.78. The van der Waals surface area contributed by atoms with E-state index in [-0.39, 0.29) is 28.8 Å². The lowest BCUT2D eigenvalue weighted by Crippen LogP contribution is -2.52. The molecule has 6 nitrogen and oxygen atoms in total. The summed E-state index contributed by atoms with van der Waals surface area (Å²) in [5.74, 6) is -0.679. The van der Waals surface area contributed by atoms with E-state index in [1.165, 1.54) is 17.0 Å². The second-order valence-corrected chi connectivity index (χ2v) is 10.1. The maximum absolute atomic E-state index is 13.5. The summed E-state index contributed by atoms with van der Waals surface area (Å²) in [5, 5.41) is 3.25. The van der Waals surface area contributed by atoms with E-state index in [1.54, 1.807) is 30.3 Å². The average molecular weight is 469 g/mol. The predicted octanol–water partition coefficient (Wildman–Crippen LogP) is 3.88. The summed E-state index contributed by atoms with van der Waals surface area (Å²) in [4.78, 5) is 28.1. The van der Waals surface area contributed by atoms with Crippen LogP contribution in [0.15, 0.2) is 77.7 Å². The van der Waals surface area contributed by atoms with E-state index >= 15 is 0 Å². The van der Waals surface area contributed by atoms with Crippen molar-refractivity contribution in [3.63, 3.8) is 0 Å². The summed E-state index contributed by atoms with van der Waals surface area (Å²) in [7, 11) is -3.48. The Balaban J connectivity index is 1.77. The molecule has 0 spiro atoms. The van der Waals surface area contributed by atoms with Gasteiger partial charge in [-0.2, -0.15) is 0 Å². The van der Waals surface area contributed by atoms with Gasteiger partial charge in [-0.05, 0) is 35.4 Å². The first kappa shape index (κ1) is 22.0. The number of sulfone groups is 1. The molecule has 0 fully saturated rings. The van der Waals surface area contributed by atoms with Gasteiger partial charge in [0.15, 0.2) is 9.84 Å². The molecule has 1 aliphatic heterocycles. The number of nitrogens with zero attached hydrogens (tertiary/aromatic N) is 1. The smallest absolute Gasteiger partial charge is 0.247 e. The number of rotatable bonds is 5. The van der Waals surface area contributed by atoms with Crippen LogP contribution in [0.5, 0.6) is 0 Å². The lowest BCUT2D eigenvalue weighted by atomic mass is 9.99. The molecule has 3 aromatic carbocycles. The van der Waals surface area contributed by atoms with Crippen LogP contribution < -0.4 is 10.2 Å². The van der Waals surface area contributed by atoms with Gasteiger partial charge >= 0.3 is 0 Å². The fourth-order valence-corrected chi connectivity index (χ4v) is 4.63. The van der Waals surface area contributed by atoms with Gasteiger partial charge in [0.1, 0.15) is 6.04 Å². The van der Waals surface area contributed by atoms with Crippen LogP contribution in [-0.4, -0.2) is 32.5 Å². The Hall–Kier alpha value is -3.16. The van der Waals surface area contributed by atoms with Crippen LogP contribution in [0.4, 0.5) is 11.4 Å². The number of hydrogen-bond donors (Lipinski definition) is 1. The Kier molecular flexibility index (Phi) is 6.04. The number of benzene rings is 3. The molecule has 3 aromatic rings. The molecule has 1 heterocycles. The fraction of sp³-hybridized carbons (Fsp3) is 0.167. The van der Waals surface area contributed by atoms with Gasteiger partial charge in [0.05, 0.1) is 22.7 Å². The molecule has 0 saturated heterocycles. The molecule has 0 aliphatic carbocycles. The zero-order valence-corrected chi connectivity index (χ0v) is 18.9. The summed E-state index contributed by atoms with van der Waals surface area (Å²) in [6.45, 7) is 0. The zero-order valence-electron chi connectivity index (χ0n) is 17.3. The first-order valence-corrected chi connectivity index (χ1v) is 12.3. The summed E-state index contributed by atoms with van der Waals surface area (Å²) in [5.41, 5.74) is 2.29. The molecule has 0 aromatic heterocycles. The van der Waals surface area contributed by atoms with E-state index in [9.17, 15) is 18.0 Å².